The summed E-state index contributed by atoms with van der Waals surface area (Å²) in [7, 11) is 0. The molecule has 1 aliphatic carbocycles. The van der Waals surface area contributed by atoms with Gasteiger partial charge in [0.1, 0.15) is 17.3 Å². The third-order valence-electron chi connectivity index (χ3n) is 7.88. The lowest BCUT2D eigenvalue weighted by Gasteiger charge is -2.40. The van der Waals surface area contributed by atoms with Crippen molar-refractivity contribution in [3.05, 3.63) is 70.7 Å². The SMILES string of the molecule is O=C(O)c1ccc(N2[C@@H]3CC[C@H]2CC(OCc2c(-c4ccccc4C(F)(F)F)noc2C2CC2)C3)c(F)c1. The molecule has 6 nitrogen and oxygen atoms in total. The number of aromatic nitrogens is 1. The van der Waals surface area contributed by atoms with Gasteiger partial charge in [-0.2, -0.15) is 13.2 Å². The fourth-order valence-corrected chi connectivity index (χ4v) is 5.98. The van der Waals surface area contributed by atoms with Crippen LogP contribution in [-0.2, 0) is 17.5 Å². The highest BCUT2D eigenvalue weighted by Gasteiger charge is 2.43. The van der Waals surface area contributed by atoms with Crippen LogP contribution in [0.3, 0.4) is 0 Å². The van der Waals surface area contributed by atoms with Gasteiger partial charge in [-0.25, -0.2) is 9.18 Å². The summed E-state index contributed by atoms with van der Waals surface area (Å²) in [5.74, 6) is -1.00. The third kappa shape index (κ3) is 4.55. The maximum absolute atomic E-state index is 14.8. The molecular formula is C28H26F4N2O4. The van der Waals surface area contributed by atoms with Crippen molar-refractivity contribution in [2.45, 2.75) is 75.4 Å². The summed E-state index contributed by atoms with van der Waals surface area (Å²) in [6.07, 6.45) is 0.0963. The van der Waals surface area contributed by atoms with Gasteiger partial charge in [0.05, 0.1) is 29.5 Å². The fraction of sp³-hybridized carbons (Fsp3) is 0.429. The van der Waals surface area contributed by atoms with Crippen LogP contribution in [0.15, 0.2) is 47.0 Å². The van der Waals surface area contributed by atoms with Crippen LogP contribution < -0.4 is 4.90 Å². The minimum absolute atomic E-state index is 0.0237. The maximum Gasteiger partial charge on any atom is 0.417 e. The van der Waals surface area contributed by atoms with Crippen LogP contribution >= 0.6 is 0 Å². The molecule has 2 saturated heterocycles. The monoisotopic (exact) mass is 530 g/mol. The van der Waals surface area contributed by atoms with Gasteiger partial charge < -0.3 is 19.3 Å². The Morgan fingerprint density at radius 2 is 1.79 bits per heavy atom. The minimum Gasteiger partial charge on any atom is -0.478 e. The number of anilines is 1. The summed E-state index contributed by atoms with van der Waals surface area (Å²) in [6.45, 7) is 0.0859. The van der Waals surface area contributed by atoms with Crippen LogP contribution in [0.1, 0.15) is 71.7 Å². The topological polar surface area (TPSA) is 75.8 Å². The standard InChI is InChI=1S/C28H26F4N2O4/c29-23-11-16(27(35)36)7-10-24(23)34-17-8-9-18(34)13-19(12-17)37-14-21-25(33-38-26(21)15-5-6-15)20-3-1-2-4-22(20)28(30,31)32/h1-4,7,10-11,15,17-19H,5-6,8-9,12-14H2,(H,35,36)/t17-,18+,19?. The van der Waals surface area contributed by atoms with Crippen molar-refractivity contribution in [3.63, 3.8) is 0 Å². The lowest BCUT2D eigenvalue weighted by Crippen LogP contribution is -2.46. The number of piperidine rings is 1. The Balaban J connectivity index is 1.21. The maximum atomic E-state index is 14.8. The van der Waals surface area contributed by atoms with Gasteiger partial charge in [-0.1, -0.05) is 23.4 Å². The normalized spacial score (nSPS) is 23.2. The molecule has 6 rings (SSSR count). The van der Waals surface area contributed by atoms with Crippen molar-refractivity contribution >= 4 is 11.7 Å². The Kier molecular flexibility index (Phi) is 6.17. The molecule has 0 spiro atoms. The molecule has 2 aromatic carbocycles. The Morgan fingerprint density at radius 1 is 1.08 bits per heavy atom. The van der Waals surface area contributed by atoms with Crippen LogP contribution in [-0.4, -0.2) is 34.4 Å². The van der Waals surface area contributed by atoms with Gasteiger partial charge in [-0.05, 0) is 62.8 Å². The highest BCUT2D eigenvalue weighted by atomic mass is 19.4. The Morgan fingerprint density at radius 3 is 2.42 bits per heavy atom. The van der Waals surface area contributed by atoms with Crippen molar-refractivity contribution in [2.24, 2.45) is 0 Å². The van der Waals surface area contributed by atoms with Crippen LogP contribution in [0.25, 0.3) is 11.3 Å². The molecule has 0 radical (unpaired) electrons. The van der Waals surface area contributed by atoms with Crippen LogP contribution in [0.5, 0.6) is 0 Å². The molecule has 38 heavy (non-hydrogen) atoms. The van der Waals surface area contributed by atoms with Crippen molar-refractivity contribution in [3.8, 4) is 11.3 Å². The Bertz CT molecular complexity index is 1350. The fourth-order valence-electron chi connectivity index (χ4n) is 5.98. The summed E-state index contributed by atoms with van der Waals surface area (Å²) in [5, 5.41) is 13.2. The number of nitrogens with zero attached hydrogens (tertiary/aromatic N) is 2. The first-order chi connectivity index (χ1) is 18.2. The zero-order valence-corrected chi connectivity index (χ0v) is 20.4. The quantitative estimate of drug-likeness (QED) is 0.339. The molecule has 1 N–H and O–H groups in total. The molecule has 3 aromatic rings. The smallest absolute Gasteiger partial charge is 0.417 e. The van der Waals surface area contributed by atoms with Gasteiger partial charge in [0.2, 0.25) is 0 Å². The zero-order valence-electron chi connectivity index (χ0n) is 20.4. The van der Waals surface area contributed by atoms with Crippen LogP contribution in [0.2, 0.25) is 0 Å². The molecule has 2 aliphatic heterocycles. The molecular weight excluding hydrogens is 504 g/mol. The average molecular weight is 531 g/mol. The van der Waals surface area contributed by atoms with E-state index < -0.39 is 23.5 Å². The number of hydrogen-bond donors (Lipinski definition) is 1. The number of alkyl halides is 3. The van der Waals surface area contributed by atoms with Gasteiger partial charge in [0.15, 0.2) is 0 Å². The molecule has 3 heterocycles. The molecule has 1 aromatic heterocycles. The van der Waals surface area contributed by atoms with E-state index in [2.05, 4.69) is 5.16 Å². The van der Waals surface area contributed by atoms with E-state index in [1.54, 1.807) is 6.07 Å². The molecule has 200 valence electrons. The van der Waals surface area contributed by atoms with Gasteiger partial charge >= 0.3 is 12.1 Å². The molecule has 2 bridgehead atoms. The van der Waals surface area contributed by atoms with E-state index in [4.69, 9.17) is 14.4 Å². The van der Waals surface area contributed by atoms with Crippen molar-refractivity contribution < 1.29 is 36.7 Å². The summed E-state index contributed by atoms with van der Waals surface area (Å²) in [5.41, 5.74) is 0.237. The van der Waals surface area contributed by atoms with Crippen molar-refractivity contribution in [1.29, 1.82) is 0 Å². The first kappa shape index (κ1) is 24.9. The number of aromatic carboxylic acids is 1. The van der Waals surface area contributed by atoms with E-state index in [0.29, 0.717) is 29.9 Å². The van der Waals surface area contributed by atoms with E-state index in [1.165, 1.54) is 24.3 Å². The highest BCUT2D eigenvalue weighted by Crippen LogP contribution is 2.47. The van der Waals surface area contributed by atoms with Gasteiger partial charge in [0.25, 0.3) is 0 Å². The highest BCUT2D eigenvalue weighted by molar-refractivity contribution is 5.88. The summed E-state index contributed by atoms with van der Waals surface area (Å²) in [6, 6.07) is 9.39. The third-order valence-corrected chi connectivity index (χ3v) is 7.88. The lowest BCUT2D eigenvalue weighted by molar-refractivity contribution is -0.137. The zero-order chi connectivity index (χ0) is 26.6. The molecule has 1 saturated carbocycles. The number of benzene rings is 2. The summed E-state index contributed by atoms with van der Waals surface area (Å²) in [4.78, 5) is 13.2. The number of fused-ring (bicyclic) bond motifs is 2. The largest absolute Gasteiger partial charge is 0.478 e. The average Bonchev–Trinajstić information content (AvgIpc) is 3.58. The van der Waals surface area contributed by atoms with Gasteiger partial charge in [-0.3, -0.25) is 0 Å². The lowest BCUT2D eigenvalue weighted by atomic mass is 9.97. The van der Waals surface area contributed by atoms with Crippen LogP contribution in [0, 0.1) is 5.82 Å². The first-order valence-corrected chi connectivity index (χ1v) is 12.8. The van der Waals surface area contributed by atoms with Crippen LogP contribution in [0.4, 0.5) is 23.2 Å². The Hall–Kier alpha value is -3.40. The number of rotatable bonds is 7. The minimum atomic E-state index is -4.53. The predicted molar refractivity (Wildman–Crippen MR) is 129 cm³/mol. The second-order valence-electron chi connectivity index (χ2n) is 10.4. The summed E-state index contributed by atoms with van der Waals surface area (Å²) < 4.78 is 67.9. The number of carboxylic acid groups (broad SMARTS) is 1. The number of ether oxygens (including phenoxy) is 1. The van der Waals surface area contributed by atoms with E-state index >= 15 is 0 Å². The van der Waals surface area contributed by atoms with Gasteiger partial charge in [0, 0.05) is 29.1 Å². The second kappa shape index (κ2) is 9.41. The molecule has 3 aliphatic rings. The summed E-state index contributed by atoms with van der Waals surface area (Å²) >= 11 is 0. The van der Waals surface area contributed by atoms with E-state index in [0.717, 1.165) is 37.8 Å². The Labute approximate surface area is 216 Å². The van der Waals surface area contributed by atoms with E-state index in [1.807, 2.05) is 4.90 Å². The van der Waals surface area contributed by atoms with E-state index in [9.17, 15) is 22.4 Å². The first-order valence-electron chi connectivity index (χ1n) is 12.8. The molecule has 3 fully saturated rings. The van der Waals surface area contributed by atoms with Crippen molar-refractivity contribution in [2.75, 3.05) is 4.90 Å². The number of carbonyl (C=O) groups is 1. The van der Waals surface area contributed by atoms with Gasteiger partial charge in [-0.15, -0.1) is 0 Å². The molecule has 3 atom stereocenters. The number of hydrogen-bond acceptors (Lipinski definition) is 5. The van der Waals surface area contributed by atoms with Crippen molar-refractivity contribution in [1.82, 2.24) is 5.16 Å². The number of halogens is 4. The number of carboxylic acids is 1. The molecule has 0 amide bonds. The molecule has 10 heteroatoms. The van der Waals surface area contributed by atoms with E-state index in [-0.39, 0.29) is 47.5 Å². The molecule has 1 unspecified atom stereocenters. The predicted octanol–water partition coefficient (Wildman–Crippen LogP) is 6.79. The second-order valence-corrected chi connectivity index (χ2v) is 10.4.